The predicted octanol–water partition coefficient (Wildman–Crippen LogP) is 1.52. The lowest BCUT2D eigenvalue weighted by Gasteiger charge is -2.01. The van der Waals surface area contributed by atoms with Crippen LogP contribution in [0.4, 0.5) is 0 Å². The SMILES string of the molecule is O=C(O[NH2+]Cc1ccccc1)c1ccccc1. The van der Waals surface area contributed by atoms with Crippen molar-refractivity contribution in [1.82, 2.24) is 0 Å². The average molecular weight is 228 g/mol. The van der Waals surface area contributed by atoms with Crippen molar-refractivity contribution in [3.05, 3.63) is 71.8 Å². The molecule has 0 saturated carbocycles. The highest BCUT2D eigenvalue weighted by Crippen LogP contribution is 1.99. The van der Waals surface area contributed by atoms with Crippen LogP contribution < -0.4 is 5.48 Å². The van der Waals surface area contributed by atoms with Crippen LogP contribution in [0.3, 0.4) is 0 Å². The van der Waals surface area contributed by atoms with Crippen molar-refractivity contribution in [2.45, 2.75) is 6.54 Å². The van der Waals surface area contributed by atoms with Gasteiger partial charge >= 0.3 is 5.97 Å². The van der Waals surface area contributed by atoms with E-state index in [4.69, 9.17) is 4.84 Å². The zero-order valence-electron chi connectivity index (χ0n) is 9.37. The topological polar surface area (TPSA) is 42.9 Å². The monoisotopic (exact) mass is 228 g/mol. The summed E-state index contributed by atoms with van der Waals surface area (Å²) in [5.41, 5.74) is 3.22. The van der Waals surface area contributed by atoms with E-state index in [1.807, 2.05) is 48.5 Å². The van der Waals surface area contributed by atoms with Crippen LogP contribution in [0.15, 0.2) is 60.7 Å². The lowest BCUT2D eigenvalue weighted by Crippen LogP contribution is -2.82. The minimum absolute atomic E-state index is 0.318. The first kappa shape index (κ1) is 11.4. The smallest absolute Gasteiger partial charge is 0.274 e. The first-order valence-electron chi connectivity index (χ1n) is 5.48. The summed E-state index contributed by atoms with van der Waals surface area (Å²) < 4.78 is 0. The molecule has 0 aliphatic heterocycles. The Hall–Kier alpha value is -2.13. The second-order valence-corrected chi connectivity index (χ2v) is 3.63. The predicted molar refractivity (Wildman–Crippen MR) is 63.9 cm³/mol. The van der Waals surface area contributed by atoms with Gasteiger partial charge in [-0.1, -0.05) is 48.5 Å². The van der Waals surface area contributed by atoms with Gasteiger partial charge in [-0.05, 0) is 12.1 Å². The van der Waals surface area contributed by atoms with Crippen molar-refractivity contribution in [3.8, 4) is 0 Å². The molecule has 0 amide bonds. The van der Waals surface area contributed by atoms with Crippen LogP contribution in [-0.4, -0.2) is 5.97 Å². The first-order valence-corrected chi connectivity index (χ1v) is 5.48. The number of quaternary nitrogens is 1. The molecule has 3 heteroatoms. The van der Waals surface area contributed by atoms with Crippen molar-refractivity contribution in [2.75, 3.05) is 0 Å². The number of carbonyl (C=O) groups is 1. The van der Waals surface area contributed by atoms with Crippen molar-refractivity contribution < 1.29 is 15.1 Å². The van der Waals surface area contributed by atoms with E-state index in [0.717, 1.165) is 5.56 Å². The van der Waals surface area contributed by atoms with E-state index in [2.05, 4.69) is 0 Å². The summed E-state index contributed by atoms with van der Waals surface area (Å²) in [6.45, 7) is 0.624. The number of hydroxylamine groups is 1. The standard InChI is InChI=1S/C14H13NO2/c16-14(13-9-5-2-6-10-13)17-15-11-12-7-3-1-4-8-12/h1-10,15H,11H2/p+1. The fourth-order valence-electron chi connectivity index (χ4n) is 1.47. The van der Waals surface area contributed by atoms with E-state index in [-0.39, 0.29) is 5.97 Å². The van der Waals surface area contributed by atoms with E-state index in [1.54, 1.807) is 12.1 Å². The number of hydrogen-bond donors (Lipinski definition) is 1. The number of carbonyl (C=O) groups excluding carboxylic acids is 1. The van der Waals surface area contributed by atoms with Gasteiger partial charge in [0.15, 0.2) is 0 Å². The van der Waals surface area contributed by atoms with Gasteiger partial charge in [0.2, 0.25) is 0 Å². The number of benzene rings is 2. The van der Waals surface area contributed by atoms with Crippen LogP contribution in [0, 0.1) is 0 Å². The molecule has 0 aliphatic rings. The van der Waals surface area contributed by atoms with Crippen LogP contribution >= 0.6 is 0 Å². The molecular formula is C14H14NO2+. The molecule has 2 aromatic rings. The molecule has 0 heterocycles. The molecule has 0 bridgehead atoms. The molecule has 0 unspecified atom stereocenters. The number of nitrogens with two attached hydrogens (primary N) is 1. The average Bonchev–Trinajstić information content (AvgIpc) is 2.41. The molecular weight excluding hydrogens is 214 g/mol. The lowest BCUT2D eigenvalue weighted by atomic mass is 10.2. The summed E-state index contributed by atoms with van der Waals surface area (Å²) in [7, 11) is 0. The van der Waals surface area contributed by atoms with E-state index >= 15 is 0 Å². The number of hydrogen-bond acceptors (Lipinski definition) is 2. The van der Waals surface area contributed by atoms with Crippen molar-refractivity contribution >= 4 is 5.97 Å². The second-order valence-electron chi connectivity index (χ2n) is 3.63. The summed E-state index contributed by atoms with van der Waals surface area (Å²) in [6, 6.07) is 18.8. The Morgan fingerprint density at radius 1 is 0.941 bits per heavy atom. The third-order valence-electron chi connectivity index (χ3n) is 2.36. The van der Waals surface area contributed by atoms with Gasteiger partial charge in [0.1, 0.15) is 6.54 Å². The van der Waals surface area contributed by atoms with E-state index in [9.17, 15) is 4.79 Å². The van der Waals surface area contributed by atoms with Crippen LogP contribution in [0.2, 0.25) is 0 Å². The van der Waals surface area contributed by atoms with Crippen LogP contribution in [0.25, 0.3) is 0 Å². The van der Waals surface area contributed by atoms with Gasteiger partial charge in [0.05, 0.1) is 5.56 Å². The van der Waals surface area contributed by atoms with Gasteiger partial charge in [0, 0.05) is 5.56 Å². The Morgan fingerprint density at radius 2 is 1.53 bits per heavy atom. The highest BCUT2D eigenvalue weighted by molar-refractivity contribution is 5.88. The Labute approximate surface area is 100.0 Å². The van der Waals surface area contributed by atoms with E-state index < -0.39 is 0 Å². The summed E-state index contributed by atoms with van der Waals surface area (Å²) >= 11 is 0. The van der Waals surface area contributed by atoms with Crippen molar-refractivity contribution in [2.24, 2.45) is 0 Å². The Balaban J connectivity index is 1.82. The van der Waals surface area contributed by atoms with Gasteiger partial charge in [0.25, 0.3) is 0 Å². The maximum atomic E-state index is 11.6. The zero-order valence-corrected chi connectivity index (χ0v) is 9.37. The fraction of sp³-hybridized carbons (Fsp3) is 0.0714. The van der Waals surface area contributed by atoms with Gasteiger partial charge in [-0.25, -0.2) is 4.79 Å². The van der Waals surface area contributed by atoms with E-state index in [1.165, 1.54) is 5.48 Å². The summed E-state index contributed by atoms with van der Waals surface area (Å²) in [4.78, 5) is 16.6. The van der Waals surface area contributed by atoms with Crippen molar-refractivity contribution in [1.29, 1.82) is 0 Å². The quantitative estimate of drug-likeness (QED) is 0.806. The maximum Gasteiger partial charge on any atom is 0.397 e. The van der Waals surface area contributed by atoms with Gasteiger partial charge < -0.3 is 0 Å². The van der Waals surface area contributed by atoms with Gasteiger partial charge in [-0.3, -0.25) is 4.84 Å². The van der Waals surface area contributed by atoms with Crippen LogP contribution in [0.1, 0.15) is 15.9 Å². The molecule has 0 aromatic heterocycles. The second kappa shape index (κ2) is 5.82. The molecule has 0 saturated heterocycles. The molecule has 2 aromatic carbocycles. The van der Waals surface area contributed by atoms with E-state index in [0.29, 0.717) is 12.1 Å². The Kier molecular flexibility index (Phi) is 3.89. The third kappa shape index (κ3) is 3.43. The largest absolute Gasteiger partial charge is 0.397 e. The molecule has 2 N–H and O–H groups in total. The molecule has 17 heavy (non-hydrogen) atoms. The Bertz CT molecular complexity index is 468. The normalized spacial score (nSPS) is 9.88. The Morgan fingerprint density at radius 3 is 2.18 bits per heavy atom. The molecule has 0 fully saturated rings. The minimum atomic E-state index is -0.318. The zero-order chi connectivity index (χ0) is 11.9. The molecule has 3 nitrogen and oxygen atoms in total. The minimum Gasteiger partial charge on any atom is -0.274 e. The first-order chi connectivity index (χ1) is 8.36. The molecule has 0 aliphatic carbocycles. The van der Waals surface area contributed by atoms with Gasteiger partial charge in [-0.2, -0.15) is 5.48 Å². The van der Waals surface area contributed by atoms with Crippen molar-refractivity contribution in [3.63, 3.8) is 0 Å². The lowest BCUT2D eigenvalue weighted by molar-refractivity contribution is -0.883. The highest BCUT2D eigenvalue weighted by atomic mass is 16.7. The van der Waals surface area contributed by atoms with Crippen LogP contribution in [-0.2, 0) is 11.4 Å². The molecule has 86 valence electrons. The molecule has 0 spiro atoms. The molecule has 0 radical (unpaired) electrons. The third-order valence-corrected chi connectivity index (χ3v) is 2.36. The van der Waals surface area contributed by atoms with Gasteiger partial charge in [-0.15, -0.1) is 0 Å². The summed E-state index contributed by atoms with van der Waals surface area (Å²) in [5.74, 6) is -0.318. The fourth-order valence-corrected chi connectivity index (χ4v) is 1.47. The number of rotatable bonds is 4. The summed E-state index contributed by atoms with van der Waals surface area (Å²) in [5, 5.41) is 0. The highest BCUT2D eigenvalue weighted by Gasteiger charge is 2.08. The molecule has 2 rings (SSSR count). The molecule has 0 atom stereocenters. The maximum absolute atomic E-state index is 11.6. The summed E-state index contributed by atoms with van der Waals surface area (Å²) in [6.07, 6.45) is 0. The van der Waals surface area contributed by atoms with Crippen LogP contribution in [0.5, 0.6) is 0 Å².